The predicted octanol–water partition coefficient (Wildman–Crippen LogP) is 2.09. The maximum Gasteiger partial charge on any atom is 0.410 e. The molecule has 1 aliphatic rings. The second-order valence-electron chi connectivity index (χ2n) is 4.89. The Labute approximate surface area is 106 Å². The third-order valence-electron chi connectivity index (χ3n) is 2.24. The van der Waals surface area contributed by atoms with Crippen molar-refractivity contribution in [3.8, 4) is 0 Å². The van der Waals surface area contributed by atoms with Crippen LogP contribution in [0.25, 0.3) is 0 Å². The number of thioether (sulfide) groups is 1. The van der Waals surface area contributed by atoms with E-state index in [4.69, 9.17) is 4.74 Å². The zero-order valence-corrected chi connectivity index (χ0v) is 11.4. The molecule has 17 heavy (non-hydrogen) atoms. The van der Waals surface area contributed by atoms with Gasteiger partial charge in [-0.2, -0.15) is 0 Å². The molecular formula is C12H19NO3S. The summed E-state index contributed by atoms with van der Waals surface area (Å²) in [7, 11) is 0. The van der Waals surface area contributed by atoms with Crippen molar-refractivity contribution in [1.29, 1.82) is 0 Å². The van der Waals surface area contributed by atoms with Gasteiger partial charge in [-0.3, -0.25) is 4.79 Å². The highest BCUT2D eigenvalue weighted by molar-refractivity contribution is 8.00. The topological polar surface area (TPSA) is 46.6 Å². The van der Waals surface area contributed by atoms with Gasteiger partial charge in [0.25, 0.3) is 0 Å². The molecule has 0 saturated carbocycles. The van der Waals surface area contributed by atoms with E-state index in [1.165, 1.54) is 6.08 Å². The highest BCUT2D eigenvalue weighted by Crippen LogP contribution is 2.21. The second-order valence-corrected chi connectivity index (χ2v) is 6.20. The number of carbonyl (C=O) groups excluding carboxylic acids is 2. The first-order valence-electron chi connectivity index (χ1n) is 5.59. The maximum absolute atomic E-state index is 11.8. The Morgan fingerprint density at radius 3 is 2.65 bits per heavy atom. The van der Waals surface area contributed by atoms with Crippen LogP contribution in [0.1, 0.15) is 20.8 Å². The lowest BCUT2D eigenvalue weighted by Gasteiger charge is -2.32. The van der Waals surface area contributed by atoms with Crippen LogP contribution in [0.3, 0.4) is 0 Å². The summed E-state index contributed by atoms with van der Waals surface area (Å²) in [5.41, 5.74) is -0.500. The third kappa shape index (κ3) is 4.42. The molecule has 1 fully saturated rings. The maximum atomic E-state index is 11.8. The number of hydrogen-bond donors (Lipinski definition) is 0. The lowest BCUT2D eigenvalue weighted by Crippen LogP contribution is -2.46. The fourth-order valence-electron chi connectivity index (χ4n) is 1.45. The zero-order valence-electron chi connectivity index (χ0n) is 10.6. The summed E-state index contributed by atoms with van der Waals surface area (Å²) in [5.74, 6) is 0.729. The highest BCUT2D eigenvalue weighted by atomic mass is 32.2. The molecule has 0 aromatic carbocycles. The number of hydrogen-bond acceptors (Lipinski definition) is 4. The van der Waals surface area contributed by atoms with E-state index in [2.05, 4.69) is 6.58 Å². The van der Waals surface area contributed by atoms with Gasteiger partial charge < -0.3 is 9.64 Å². The lowest BCUT2D eigenvalue weighted by atomic mass is 10.2. The van der Waals surface area contributed by atoms with Crippen LogP contribution >= 0.6 is 11.8 Å². The van der Waals surface area contributed by atoms with Gasteiger partial charge in [0, 0.05) is 18.8 Å². The molecule has 0 spiro atoms. The molecule has 1 atom stereocenters. The average Bonchev–Trinajstić information content (AvgIpc) is 2.26. The van der Waals surface area contributed by atoms with Crippen molar-refractivity contribution in [2.75, 3.05) is 18.8 Å². The first-order chi connectivity index (χ1) is 7.83. The predicted molar refractivity (Wildman–Crippen MR) is 69.3 cm³/mol. The molecule has 1 rings (SSSR count). The highest BCUT2D eigenvalue weighted by Gasteiger charge is 2.30. The zero-order chi connectivity index (χ0) is 13.1. The van der Waals surface area contributed by atoms with Crippen LogP contribution < -0.4 is 0 Å². The van der Waals surface area contributed by atoms with Gasteiger partial charge in [-0.1, -0.05) is 6.58 Å². The molecule has 0 radical (unpaired) electrons. The van der Waals surface area contributed by atoms with Crippen LogP contribution in [-0.4, -0.2) is 46.5 Å². The quantitative estimate of drug-likeness (QED) is 0.711. The van der Waals surface area contributed by atoms with E-state index in [1.807, 2.05) is 20.8 Å². The van der Waals surface area contributed by atoms with Gasteiger partial charge in [-0.25, -0.2) is 4.79 Å². The molecule has 0 aliphatic carbocycles. The first kappa shape index (κ1) is 14.1. The number of nitrogens with zero attached hydrogens (tertiary/aromatic N) is 1. The van der Waals surface area contributed by atoms with Gasteiger partial charge in [-0.15, -0.1) is 11.8 Å². The molecule has 1 unspecified atom stereocenters. The molecule has 0 aromatic rings. The van der Waals surface area contributed by atoms with Crippen LogP contribution in [0, 0.1) is 0 Å². The number of carbonyl (C=O) groups is 2. The molecule has 5 heteroatoms. The largest absolute Gasteiger partial charge is 0.444 e. The molecule has 1 heterocycles. The van der Waals surface area contributed by atoms with Gasteiger partial charge in [0.05, 0.1) is 5.25 Å². The van der Waals surface area contributed by atoms with E-state index < -0.39 is 5.60 Å². The Kier molecular flexibility index (Phi) is 4.62. The summed E-state index contributed by atoms with van der Waals surface area (Å²) < 4.78 is 5.28. The molecule has 4 nitrogen and oxygen atoms in total. The Hall–Kier alpha value is -0.970. The molecule has 0 aromatic heterocycles. The van der Waals surface area contributed by atoms with Crippen LogP contribution in [0.15, 0.2) is 12.7 Å². The summed E-state index contributed by atoms with van der Waals surface area (Å²) in [6.07, 6.45) is 0.968. The van der Waals surface area contributed by atoms with Crippen LogP contribution in [-0.2, 0) is 9.53 Å². The van der Waals surface area contributed by atoms with Gasteiger partial charge in [0.2, 0.25) is 0 Å². The number of amides is 1. The van der Waals surface area contributed by atoms with Gasteiger partial charge >= 0.3 is 6.09 Å². The first-order valence-corrected chi connectivity index (χ1v) is 6.64. The van der Waals surface area contributed by atoms with E-state index in [9.17, 15) is 9.59 Å². The molecule has 1 saturated heterocycles. The Balaban J connectivity index is 2.57. The summed E-state index contributed by atoms with van der Waals surface area (Å²) in [6, 6.07) is 0. The SMILES string of the molecule is C=CC(=O)C1CN(C(=O)OC(C)(C)C)CCS1. The summed E-state index contributed by atoms with van der Waals surface area (Å²) >= 11 is 1.56. The molecular weight excluding hydrogens is 238 g/mol. The van der Waals surface area contributed by atoms with Crippen molar-refractivity contribution in [1.82, 2.24) is 4.90 Å². The number of allylic oxidation sites excluding steroid dienone is 1. The number of ether oxygens (including phenoxy) is 1. The molecule has 0 bridgehead atoms. The van der Waals surface area contributed by atoms with E-state index in [0.29, 0.717) is 13.1 Å². The van der Waals surface area contributed by atoms with Gasteiger partial charge in [0.15, 0.2) is 5.78 Å². The number of rotatable bonds is 2. The van der Waals surface area contributed by atoms with Crippen LogP contribution in [0.2, 0.25) is 0 Å². The van der Waals surface area contributed by atoms with Crippen molar-refractivity contribution >= 4 is 23.6 Å². The fraction of sp³-hybridized carbons (Fsp3) is 0.667. The van der Waals surface area contributed by atoms with Gasteiger partial charge in [-0.05, 0) is 26.8 Å². The standard InChI is InChI=1S/C12H19NO3S/c1-5-9(14)10-8-13(6-7-17-10)11(15)16-12(2,3)4/h5,10H,1,6-8H2,2-4H3. The minimum atomic E-state index is -0.500. The van der Waals surface area contributed by atoms with Crippen molar-refractivity contribution in [3.63, 3.8) is 0 Å². The minimum absolute atomic E-state index is 0.0248. The third-order valence-corrected chi connectivity index (χ3v) is 3.44. The van der Waals surface area contributed by atoms with Gasteiger partial charge in [0.1, 0.15) is 5.60 Å². The lowest BCUT2D eigenvalue weighted by molar-refractivity contribution is -0.114. The van der Waals surface area contributed by atoms with Crippen LogP contribution in [0.5, 0.6) is 0 Å². The molecule has 0 N–H and O–H groups in total. The van der Waals surface area contributed by atoms with Crippen molar-refractivity contribution in [2.45, 2.75) is 31.6 Å². The van der Waals surface area contributed by atoms with Crippen molar-refractivity contribution < 1.29 is 14.3 Å². The summed E-state index contributed by atoms with van der Waals surface area (Å²) in [5, 5.41) is -0.200. The van der Waals surface area contributed by atoms with Crippen LogP contribution in [0.4, 0.5) is 4.79 Å². The minimum Gasteiger partial charge on any atom is -0.444 e. The monoisotopic (exact) mass is 257 g/mol. The molecule has 1 amide bonds. The van der Waals surface area contributed by atoms with E-state index in [1.54, 1.807) is 16.7 Å². The Morgan fingerprint density at radius 1 is 1.47 bits per heavy atom. The second kappa shape index (κ2) is 5.58. The van der Waals surface area contributed by atoms with E-state index in [0.717, 1.165) is 5.75 Å². The van der Waals surface area contributed by atoms with Crippen molar-refractivity contribution in [2.24, 2.45) is 0 Å². The number of ketones is 1. The van der Waals surface area contributed by atoms with Crippen molar-refractivity contribution in [3.05, 3.63) is 12.7 Å². The average molecular weight is 257 g/mol. The molecule has 1 aliphatic heterocycles. The molecule has 96 valence electrons. The summed E-state index contributed by atoms with van der Waals surface area (Å²) in [4.78, 5) is 24.9. The summed E-state index contributed by atoms with van der Waals surface area (Å²) in [6.45, 7) is 9.99. The van der Waals surface area contributed by atoms with E-state index >= 15 is 0 Å². The smallest absolute Gasteiger partial charge is 0.410 e. The Bertz CT molecular complexity index is 322. The van der Waals surface area contributed by atoms with E-state index in [-0.39, 0.29) is 17.1 Å². The Morgan fingerprint density at radius 2 is 2.12 bits per heavy atom. The normalized spacial score (nSPS) is 20.9. The fourth-order valence-corrected chi connectivity index (χ4v) is 2.60.